The average molecular weight is 286 g/mol. The van der Waals surface area contributed by atoms with Crippen LogP contribution in [0.1, 0.15) is 43.2 Å². The quantitative estimate of drug-likeness (QED) is 0.893. The van der Waals surface area contributed by atoms with Crippen LogP contribution in [0.2, 0.25) is 0 Å². The van der Waals surface area contributed by atoms with E-state index in [0.717, 1.165) is 12.8 Å². The highest BCUT2D eigenvalue weighted by molar-refractivity contribution is 5.80. The number of rotatable bonds is 4. The van der Waals surface area contributed by atoms with Gasteiger partial charge in [0.1, 0.15) is 0 Å². The second-order valence-electron chi connectivity index (χ2n) is 6.62. The maximum Gasteiger partial charge on any atom is 0.224 e. The van der Waals surface area contributed by atoms with E-state index in [0.29, 0.717) is 12.5 Å². The summed E-state index contributed by atoms with van der Waals surface area (Å²) in [6, 6.07) is 8.57. The van der Waals surface area contributed by atoms with E-state index in [1.54, 1.807) is 0 Å². The second kappa shape index (κ2) is 6.61. The molecule has 0 saturated heterocycles. The zero-order valence-electron chi connectivity index (χ0n) is 12.7. The van der Waals surface area contributed by atoms with Gasteiger partial charge in [0.05, 0.1) is 0 Å². The smallest absolute Gasteiger partial charge is 0.224 e. The van der Waals surface area contributed by atoms with Crippen molar-refractivity contribution in [1.29, 1.82) is 0 Å². The molecule has 3 heteroatoms. The molecule has 1 aromatic rings. The molecule has 2 aliphatic rings. The summed E-state index contributed by atoms with van der Waals surface area (Å²) < 4.78 is 0. The number of carbonyl (C=O) groups is 1. The van der Waals surface area contributed by atoms with Crippen molar-refractivity contribution in [2.24, 2.45) is 17.6 Å². The van der Waals surface area contributed by atoms with Gasteiger partial charge in [-0.1, -0.05) is 43.5 Å². The first-order valence-electron chi connectivity index (χ1n) is 8.35. The minimum Gasteiger partial charge on any atom is -0.352 e. The van der Waals surface area contributed by atoms with Gasteiger partial charge < -0.3 is 11.1 Å². The lowest BCUT2D eigenvalue weighted by Crippen LogP contribution is -2.48. The molecular weight excluding hydrogens is 260 g/mol. The summed E-state index contributed by atoms with van der Waals surface area (Å²) in [5, 5.41) is 3.25. The Morgan fingerprint density at radius 1 is 1.14 bits per heavy atom. The molecule has 0 heterocycles. The van der Waals surface area contributed by atoms with E-state index in [4.69, 9.17) is 5.73 Å². The first-order chi connectivity index (χ1) is 10.3. The maximum atomic E-state index is 12.6. The van der Waals surface area contributed by atoms with Crippen molar-refractivity contribution in [1.82, 2.24) is 5.32 Å². The first-order valence-corrected chi connectivity index (χ1v) is 8.35. The van der Waals surface area contributed by atoms with Crippen LogP contribution < -0.4 is 11.1 Å². The molecule has 0 spiro atoms. The van der Waals surface area contributed by atoms with Gasteiger partial charge in [0.25, 0.3) is 0 Å². The third-order valence-corrected chi connectivity index (χ3v) is 5.22. The van der Waals surface area contributed by atoms with Crippen LogP contribution in [0.15, 0.2) is 24.3 Å². The molecular formula is C18H26N2O. The molecule has 1 saturated carbocycles. The van der Waals surface area contributed by atoms with Crippen LogP contribution in [0.5, 0.6) is 0 Å². The van der Waals surface area contributed by atoms with E-state index in [1.165, 1.54) is 43.2 Å². The number of hydrogen-bond donors (Lipinski definition) is 2. The molecule has 1 unspecified atom stereocenters. The summed E-state index contributed by atoms with van der Waals surface area (Å²) in [5.74, 6) is 0.878. The van der Waals surface area contributed by atoms with Crippen molar-refractivity contribution in [3.63, 3.8) is 0 Å². The van der Waals surface area contributed by atoms with Crippen LogP contribution in [0.25, 0.3) is 0 Å². The molecule has 114 valence electrons. The maximum absolute atomic E-state index is 12.6. The summed E-state index contributed by atoms with van der Waals surface area (Å²) in [6.07, 6.45) is 8.09. The minimum absolute atomic E-state index is 0.0973. The molecule has 3 N–H and O–H groups in total. The Kier molecular flexibility index (Phi) is 4.59. The third kappa shape index (κ3) is 3.29. The SMILES string of the molecule is NCC(NC(=O)C1Cc2ccccc2C1)C1CCCCC1. The van der Waals surface area contributed by atoms with Gasteiger partial charge in [0, 0.05) is 18.5 Å². The van der Waals surface area contributed by atoms with Crippen LogP contribution in [-0.4, -0.2) is 18.5 Å². The van der Waals surface area contributed by atoms with Gasteiger partial charge in [0.15, 0.2) is 0 Å². The number of nitrogens with one attached hydrogen (secondary N) is 1. The summed E-state index contributed by atoms with van der Waals surface area (Å²) in [5.41, 5.74) is 8.59. The Morgan fingerprint density at radius 2 is 1.76 bits per heavy atom. The molecule has 0 aromatic heterocycles. The van der Waals surface area contributed by atoms with E-state index < -0.39 is 0 Å². The fourth-order valence-corrected chi connectivity index (χ4v) is 3.95. The lowest BCUT2D eigenvalue weighted by Gasteiger charge is -2.30. The highest BCUT2D eigenvalue weighted by Gasteiger charge is 2.30. The largest absolute Gasteiger partial charge is 0.352 e. The fourth-order valence-electron chi connectivity index (χ4n) is 3.95. The minimum atomic E-state index is 0.0973. The summed E-state index contributed by atoms with van der Waals surface area (Å²) in [4.78, 5) is 12.6. The summed E-state index contributed by atoms with van der Waals surface area (Å²) in [7, 11) is 0. The number of amides is 1. The normalized spacial score (nSPS) is 21.0. The molecule has 1 amide bonds. The Bertz CT molecular complexity index is 469. The van der Waals surface area contributed by atoms with Gasteiger partial charge in [0.2, 0.25) is 5.91 Å². The van der Waals surface area contributed by atoms with Gasteiger partial charge in [-0.2, -0.15) is 0 Å². The molecule has 1 fully saturated rings. The standard InChI is InChI=1S/C18H26N2O/c19-12-17(13-6-2-1-3-7-13)20-18(21)16-10-14-8-4-5-9-15(14)11-16/h4-5,8-9,13,16-17H,1-3,6-7,10-12,19H2,(H,20,21). The monoisotopic (exact) mass is 286 g/mol. The fraction of sp³-hybridized carbons (Fsp3) is 0.611. The van der Waals surface area contributed by atoms with Crippen molar-refractivity contribution < 1.29 is 4.79 Å². The van der Waals surface area contributed by atoms with Crippen molar-refractivity contribution in [2.45, 2.75) is 51.0 Å². The molecule has 1 aromatic carbocycles. The van der Waals surface area contributed by atoms with Crippen LogP contribution in [-0.2, 0) is 17.6 Å². The molecule has 3 rings (SSSR count). The van der Waals surface area contributed by atoms with E-state index in [-0.39, 0.29) is 17.9 Å². The van der Waals surface area contributed by atoms with Crippen molar-refractivity contribution in [3.8, 4) is 0 Å². The zero-order chi connectivity index (χ0) is 14.7. The third-order valence-electron chi connectivity index (χ3n) is 5.22. The van der Waals surface area contributed by atoms with Gasteiger partial charge in [-0.25, -0.2) is 0 Å². The Balaban J connectivity index is 1.58. The molecule has 0 bridgehead atoms. The van der Waals surface area contributed by atoms with Crippen molar-refractivity contribution >= 4 is 5.91 Å². The number of carbonyl (C=O) groups excluding carboxylic acids is 1. The van der Waals surface area contributed by atoms with Gasteiger partial charge in [-0.3, -0.25) is 4.79 Å². The van der Waals surface area contributed by atoms with Crippen LogP contribution in [0.3, 0.4) is 0 Å². The molecule has 0 radical (unpaired) electrons. The number of hydrogen-bond acceptors (Lipinski definition) is 2. The number of benzene rings is 1. The molecule has 2 aliphatic carbocycles. The average Bonchev–Trinajstić information content (AvgIpc) is 2.97. The van der Waals surface area contributed by atoms with Crippen molar-refractivity contribution in [2.75, 3.05) is 6.54 Å². The lowest BCUT2D eigenvalue weighted by molar-refractivity contribution is -0.125. The second-order valence-corrected chi connectivity index (χ2v) is 6.62. The highest BCUT2D eigenvalue weighted by atomic mass is 16.1. The van der Waals surface area contributed by atoms with Crippen LogP contribution in [0.4, 0.5) is 0 Å². The van der Waals surface area contributed by atoms with E-state index in [2.05, 4.69) is 29.6 Å². The number of nitrogens with two attached hydrogens (primary N) is 1. The van der Waals surface area contributed by atoms with Gasteiger partial charge in [-0.05, 0) is 42.7 Å². The van der Waals surface area contributed by atoms with E-state index in [1.807, 2.05) is 0 Å². The molecule has 1 atom stereocenters. The first kappa shape index (κ1) is 14.6. The predicted octanol–water partition coefficient (Wildman–Crippen LogP) is 2.43. The lowest BCUT2D eigenvalue weighted by atomic mass is 9.83. The Hall–Kier alpha value is -1.35. The van der Waals surface area contributed by atoms with Gasteiger partial charge >= 0.3 is 0 Å². The van der Waals surface area contributed by atoms with E-state index >= 15 is 0 Å². The zero-order valence-corrected chi connectivity index (χ0v) is 12.7. The Labute approximate surface area is 127 Å². The molecule has 3 nitrogen and oxygen atoms in total. The molecule has 21 heavy (non-hydrogen) atoms. The van der Waals surface area contributed by atoms with Crippen molar-refractivity contribution in [3.05, 3.63) is 35.4 Å². The van der Waals surface area contributed by atoms with Crippen LogP contribution in [0, 0.1) is 11.8 Å². The topological polar surface area (TPSA) is 55.1 Å². The highest BCUT2D eigenvalue weighted by Crippen LogP contribution is 2.29. The summed E-state index contributed by atoms with van der Waals surface area (Å²) in [6.45, 7) is 0.566. The predicted molar refractivity (Wildman–Crippen MR) is 84.9 cm³/mol. The van der Waals surface area contributed by atoms with Gasteiger partial charge in [-0.15, -0.1) is 0 Å². The number of fused-ring (bicyclic) bond motifs is 1. The summed E-state index contributed by atoms with van der Waals surface area (Å²) >= 11 is 0. The van der Waals surface area contributed by atoms with Crippen LogP contribution >= 0.6 is 0 Å². The van der Waals surface area contributed by atoms with E-state index in [9.17, 15) is 4.79 Å². The molecule has 0 aliphatic heterocycles. The Morgan fingerprint density at radius 3 is 2.33 bits per heavy atom.